The van der Waals surface area contributed by atoms with Gasteiger partial charge in [-0.25, -0.2) is 0 Å². The average molecular weight is 427 g/mol. The van der Waals surface area contributed by atoms with Crippen LogP contribution in [-0.4, -0.2) is 46.0 Å². The zero-order chi connectivity index (χ0) is 22.1. The fraction of sp³-hybridized carbons (Fsp3) is 0.421. The molecule has 2 aromatic rings. The number of aliphatic carboxylic acids is 1. The van der Waals surface area contributed by atoms with Crippen LogP contribution in [0.1, 0.15) is 36.5 Å². The Morgan fingerprint density at radius 2 is 2.07 bits per heavy atom. The Morgan fingerprint density at radius 1 is 1.37 bits per heavy atom. The van der Waals surface area contributed by atoms with E-state index in [1.54, 1.807) is 0 Å². The number of hydrogen-bond acceptors (Lipinski definition) is 6. The van der Waals surface area contributed by atoms with Gasteiger partial charge in [0.15, 0.2) is 0 Å². The van der Waals surface area contributed by atoms with E-state index >= 15 is 0 Å². The van der Waals surface area contributed by atoms with E-state index in [1.807, 2.05) is 6.92 Å². The summed E-state index contributed by atoms with van der Waals surface area (Å²) in [5.74, 6) is -2.97. The molecule has 0 bridgehead atoms. The second-order valence-electron chi connectivity index (χ2n) is 6.93. The van der Waals surface area contributed by atoms with Gasteiger partial charge in [-0.05, 0) is 31.4 Å². The Hall–Kier alpha value is -3.24. The molecule has 1 saturated heterocycles. The van der Waals surface area contributed by atoms with Gasteiger partial charge in [0.2, 0.25) is 5.88 Å². The van der Waals surface area contributed by atoms with Gasteiger partial charge in [0.1, 0.15) is 17.0 Å². The van der Waals surface area contributed by atoms with E-state index < -0.39 is 29.9 Å². The number of carbonyl (C=O) groups is 2. The van der Waals surface area contributed by atoms with Crippen LogP contribution in [-0.2, 0) is 4.79 Å². The fourth-order valence-electron chi connectivity index (χ4n) is 3.64. The first-order valence-electron chi connectivity index (χ1n) is 9.26. The van der Waals surface area contributed by atoms with Crippen molar-refractivity contribution in [3.63, 3.8) is 0 Å². The smallest absolute Gasteiger partial charge is 0.481 e. The van der Waals surface area contributed by atoms with Gasteiger partial charge in [-0.2, -0.15) is 0 Å². The Labute approximate surface area is 169 Å². The van der Waals surface area contributed by atoms with E-state index in [-0.39, 0.29) is 48.1 Å². The van der Waals surface area contributed by atoms with Crippen LogP contribution in [0.25, 0.3) is 11.3 Å². The SMILES string of the molecule is CCC1CC(C(=O)O)CCN1C(=O)c1c(-c2ccccc2OC(F)(F)F)noc1N. The predicted molar refractivity (Wildman–Crippen MR) is 98.5 cm³/mol. The molecule has 2 atom stereocenters. The number of halogens is 3. The number of carboxylic acids is 1. The monoisotopic (exact) mass is 427 g/mol. The number of anilines is 1. The summed E-state index contributed by atoms with van der Waals surface area (Å²) in [5.41, 5.74) is 5.33. The van der Waals surface area contributed by atoms with Crippen molar-refractivity contribution >= 4 is 17.8 Å². The van der Waals surface area contributed by atoms with E-state index in [0.717, 1.165) is 6.07 Å². The number of nitrogens with zero attached hydrogens (tertiary/aromatic N) is 2. The number of aromatic nitrogens is 1. The number of alkyl halides is 3. The molecule has 0 spiro atoms. The van der Waals surface area contributed by atoms with Gasteiger partial charge < -0.3 is 25.0 Å². The summed E-state index contributed by atoms with van der Waals surface area (Å²) >= 11 is 0. The summed E-state index contributed by atoms with van der Waals surface area (Å²) in [6.07, 6.45) is -3.91. The molecule has 30 heavy (non-hydrogen) atoms. The van der Waals surface area contributed by atoms with Crippen molar-refractivity contribution in [1.29, 1.82) is 0 Å². The highest BCUT2D eigenvalue weighted by Gasteiger charge is 2.38. The average Bonchev–Trinajstić information content (AvgIpc) is 3.07. The maximum atomic E-state index is 13.3. The van der Waals surface area contributed by atoms with Crippen LogP contribution in [0.4, 0.5) is 19.1 Å². The molecular formula is C19H20F3N3O5. The Morgan fingerprint density at radius 3 is 2.70 bits per heavy atom. The number of nitrogens with two attached hydrogens (primary N) is 1. The van der Waals surface area contributed by atoms with Crippen LogP contribution < -0.4 is 10.5 Å². The second-order valence-corrected chi connectivity index (χ2v) is 6.93. The first-order chi connectivity index (χ1) is 14.1. The summed E-state index contributed by atoms with van der Waals surface area (Å²) in [7, 11) is 0. The number of nitrogen functional groups attached to an aromatic ring is 1. The summed E-state index contributed by atoms with van der Waals surface area (Å²) in [4.78, 5) is 26.0. The van der Waals surface area contributed by atoms with E-state index in [0.29, 0.717) is 6.42 Å². The topological polar surface area (TPSA) is 119 Å². The lowest BCUT2D eigenvalue weighted by Crippen LogP contribution is -2.47. The predicted octanol–water partition coefficient (Wildman–Crippen LogP) is 3.54. The maximum Gasteiger partial charge on any atom is 0.573 e. The fourth-order valence-corrected chi connectivity index (χ4v) is 3.64. The summed E-state index contributed by atoms with van der Waals surface area (Å²) in [5, 5.41) is 13.0. The molecule has 1 aromatic carbocycles. The van der Waals surface area contributed by atoms with Gasteiger partial charge in [0.25, 0.3) is 5.91 Å². The van der Waals surface area contributed by atoms with Crippen molar-refractivity contribution in [2.75, 3.05) is 12.3 Å². The number of carboxylic acid groups (broad SMARTS) is 1. The molecule has 162 valence electrons. The number of carbonyl (C=O) groups excluding carboxylic acids is 1. The van der Waals surface area contributed by atoms with Gasteiger partial charge in [0.05, 0.1) is 5.92 Å². The van der Waals surface area contributed by atoms with Gasteiger partial charge in [-0.1, -0.05) is 24.2 Å². The molecule has 1 fully saturated rings. The zero-order valence-corrected chi connectivity index (χ0v) is 16.0. The highest BCUT2D eigenvalue weighted by atomic mass is 19.4. The molecule has 2 heterocycles. The van der Waals surface area contributed by atoms with E-state index in [9.17, 15) is 27.9 Å². The largest absolute Gasteiger partial charge is 0.573 e. The van der Waals surface area contributed by atoms with Gasteiger partial charge in [-0.15, -0.1) is 13.2 Å². The quantitative estimate of drug-likeness (QED) is 0.749. The third kappa shape index (κ3) is 4.34. The van der Waals surface area contributed by atoms with Crippen molar-refractivity contribution in [2.24, 2.45) is 5.92 Å². The molecule has 0 aliphatic carbocycles. The number of para-hydroxylation sites is 1. The number of ether oxygens (including phenoxy) is 1. The Balaban J connectivity index is 1.98. The van der Waals surface area contributed by atoms with Crippen molar-refractivity contribution in [1.82, 2.24) is 10.1 Å². The van der Waals surface area contributed by atoms with Crippen molar-refractivity contribution in [3.05, 3.63) is 29.8 Å². The van der Waals surface area contributed by atoms with E-state index in [4.69, 9.17) is 10.3 Å². The molecular weight excluding hydrogens is 407 g/mol. The minimum atomic E-state index is -4.94. The molecule has 1 aromatic heterocycles. The summed E-state index contributed by atoms with van der Waals surface area (Å²) in [6.45, 7) is 1.98. The summed E-state index contributed by atoms with van der Waals surface area (Å²) in [6, 6.07) is 4.85. The van der Waals surface area contributed by atoms with Crippen LogP contribution in [0.3, 0.4) is 0 Å². The number of benzene rings is 1. The van der Waals surface area contributed by atoms with Crippen LogP contribution in [0.2, 0.25) is 0 Å². The van der Waals surface area contributed by atoms with Gasteiger partial charge in [-0.3, -0.25) is 9.59 Å². The summed E-state index contributed by atoms with van der Waals surface area (Å²) < 4.78 is 47.3. The molecule has 1 amide bonds. The number of amides is 1. The number of piperidine rings is 1. The van der Waals surface area contributed by atoms with Crippen LogP contribution >= 0.6 is 0 Å². The first kappa shape index (κ1) is 21.5. The number of likely N-dealkylation sites (tertiary alicyclic amines) is 1. The molecule has 0 radical (unpaired) electrons. The molecule has 2 unspecified atom stereocenters. The van der Waals surface area contributed by atoms with Crippen molar-refractivity contribution in [3.8, 4) is 17.0 Å². The Kier molecular flexibility index (Phi) is 5.90. The van der Waals surface area contributed by atoms with Gasteiger partial charge >= 0.3 is 12.3 Å². The molecule has 1 aliphatic rings. The van der Waals surface area contributed by atoms with Crippen LogP contribution in [0, 0.1) is 5.92 Å². The standard InChI is InChI=1S/C19H20F3N3O5/c1-2-11-9-10(18(27)28)7-8-25(11)17(26)14-15(24-30-16(14)23)12-5-3-4-6-13(12)29-19(20,21)22/h3-6,10-11H,2,7-9,23H2,1H3,(H,27,28). The third-order valence-corrected chi connectivity index (χ3v) is 5.10. The number of rotatable bonds is 5. The molecule has 3 rings (SSSR count). The highest BCUT2D eigenvalue weighted by Crippen LogP contribution is 2.38. The molecule has 11 heteroatoms. The van der Waals surface area contributed by atoms with Crippen LogP contribution in [0.5, 0.6) is 5.75 Å². The molecule has 1 aliphatic heterocycles. The normalized spacial score (nSPS) is 19.5. The van der Waals surface area contributed by atoms with E-state index in [2.05, 4.69) is 9.89 Å². The minimum absolute atomic E-state index is 0.105. The van der Waals surface area contributed by atoms with Crippen molar-refractivity contribution < 1.29 is 37.1 Å². The molecule has 0 saturated carbocycles. The van der Waals surface area contributed by atoms with Crippen LogP contribution in [0.15, 0.2) is 28.8 Å². The van der Waals surface area contributed by atoms with Crippen molar-refractivity contribution in [2.45, 2.75) is 38.6 Å². The second kappa shape index (κ2) is 8.25. The third-order valence-electron chi connectivity index (χ3n) is 5.10. The highest BCUT2D eigenvalue weighted by molar-refractivity contribution is 6.04. The molecule has 3 N–H and O–H groups in total. The maximum absolute atomic E-state index is 13.3. The zero-order valence-electron chi connectivity index (χ0n) is 16.0. The lowest BCUT2D eigenvalue weighted by molar-refractivity contribution is -0.274. The van der Waals surface area contributed by atoms with Gasteiger partial charge in [0, 0.05) is 18.2 Å². The minimum Gasteiger partial charge on any atom is -0.481 e. The first-order valence-corrected chi connectivity index (χ1v) is 9.26. The lowest BCUT2D eigenvalue weighted by Gasteiger charge is -2.37. The lowest BCUT2D eigenvalue weighted by atomic mass is 9.89. The van der Waals surface area contributed by atoms with E-state index in [1.165, 1.54) is 23.1 Å². The Bertz CT molecular complexity index is 944. The number of hydrogen-bond donors (Lipinski definition) is 2. The molecule has 8 nitrogen and oxygen atoms in total.